The van der Waals surface area contributed by atoms with Crippen molar-refractivity contribution in [2.75, 3.05) is 13.1 Å². The molecule has 3 amide bonds. The lowest BCUT2D eigenvalue weighted by Gasteiger charge is -2.26. The molecule has 1 heterocycles. The van der Waals surface area contributed by atoms with Crippen LogP contribution in [0.2, 0.25) is 0 Å². The molecule has 1 aliphatic rings. The number of furan rings is 1. The van der Waals surface area contributed by atoms with Crippen LogP contribution in [0.4, 0.5) is 4.79 Å². The van der Waals surface area contributed by atoms with E-state index in [2.05, 4.69) is 16.0 Å². The highest BCUT2D eigenvalue weighted by molar-refractivity contribution is 5.92. The molecule has 0 saturated heterocycles. The second-order valence-electron chi connectivity index (χ2n) is 6.33. The number of nitrogens with one attached hydrogen (secondary N) is 3. The maximum atomic E-state index is 11.8. The zero-order chi connectivity index (χ0) is 18.2. The van der Waals surface area contributed by atoms with Gasteiger partial charge >= 0.3 is 12.0 Å². The van der Waals surface area contributed by atoms with Crippen molar-refractivity contribution in [1.29, 1.82) is 0 Å². The van der Waals surface area contributed by atoms with Gasteiger partial charge in [0, 0.05) is 24.7 Å². The van der Waals surface area contributed by atoms with Crippen molar-refractivity contribution in [2.24, 2.45) is 5.92 Å². The minimum Gasteiger partial charge on any atom is -0.481 e. The van der Waals surface area contributed by atoms with Crippen LogP contribution in [0.3, 0.4) is 0 Å². The van der Waals surface area contributed by atoms with Gasteiger partial charge in [0.1, 0.15) is 0 Å². The Morgan fingerprint density at radius 3 is 2.44 bits per heavy atom. The molecule has 8 heteroatoms. The maximum Gasteiger partial charge on any atom is 0.315 e. The maximum absolute atomic E-state index is 11.8. The van der Waals surface area contributed by atoms with Crippen LogP contribution >= 0.6 is 0 Å². The van der Waals surface area contributed by atoms with Crippen molar-refractivity contribution in [2.45, 2.75) is 45.1 Å². The van der Waals surface area contributed by atoms with Crippen molar-refractivity contribution in [3.05, 3.63) is 23.7 Å². The fourth-order valence-electron chi connectivity index (χ4n) is 2.90. The summed E-state index contributed by atoms with van der Waals surface area (Å²) in [5.74, 6) is -0.998. The van der Waals surface area contributed by atoms with Crippen LogP contribution in [0.25, 0.3) is 0 Å². The van der Waals surface area contributed by atoms with Gasteiger partial charge in [-0.05, 0) is 45.1 Å². The first-order chi connectivity index (χ1) is 12.0. The Morgan fingerprint density at radius 2 is 1.84 bits per heavy atom. The third-order valence-corrected chi connectivity index (χ3v) is 4.40. The molecule has 0 spiro atoms. The molecule has 1 aromatic heterocycles. The molecule has 138 valence electrons. The minimum atomic E-state index is -0.755. The van der Waals surface area contributed by atoms with E-state index >= 15 is 0 Å². The summed E-state index contributed by atoms with van der Waals surface area (Å²) in [4.78, 5) is 34.5. The fraction of sp³-hybridized carbons (Fsp3) is 0.588. The summed E-state index contributed by atoms with van der Waals surface area (Å²) in [5, 5.41) is 17.3. The number of aliphatic carboxylic acids is 1. The molecule has 0 radical (unpaired) electrons. The number of carbonyl (C=O) groups is 3. The molecule has 0 aromatic carbocycles. The molecule has 4 N–H and O–H groups in total. The molecule has 0 unspecified atom stereocenters. The van der Waals surface area contributed by atoms with Crippen LogP contribution in [0.15, 0.2) is 16.7 Å². The van der Waals surface area contributed by atoms with Gasteiger partial charge in [-0.1, -0.05) is 0 Å². The summed E-state index contributed by atoms with van der Waals surface area (Å²) >= 11 is 0. The molecule has 25 heavy (non-hydrogen) atoms. The highest BCUT2D eigenvalue weighted by Crippen LogP contribution is 2.24. The van der Waals surface area contributed by atoms with Crippen molar-refractivity contribution in [3.63, 3.8) is 0 Å². The smallest absolute Gasteiger partial charge is 0.315 e. The lowest BCUT2D eigenvalue weighted by Crippen LogP contribution is -2.44. The topological polar surface area (TPSA) is 121 Å². The molecule has 0 atom stereocenters. The Labute approximate surface area is 146 Å². The lowest BCUT2D eigenvalue weighted by atomic mass is 9.86. The highest BCUT2D eigenvalue weighted by atomic mass is 16.4. The molecule has 1 aliphatic carbocycles. The number of carboxylic acids is 1. The normalized spacial score (nSPS) is 19.9. The number of rotatable bonds is 7. The Kier molecular flexibility index (Phi) is 6.85. The number of carbonyl (C=O) groups excluding carboxylic acids is 2. The molecule has 1 saturated carbocycles. The van der Waals surface area contributed by atoms with Crippen molar-refractivity contribution in [1.82, 2.24) is 16.0 Å². The molecule has 2 rings (SSSR count). The van der Waals surface area contributed by atoms with Crippen LogP contribution in [0.1, 0.15) is 48.2 Å². The van der Waals surface area contributed by atoms with Gasteiger partial charge in [0.05, 0.1) is 12.2 Å². The average Bonchev–Trinajstić information content (AvgIpc) is 3.01. The van der Waals surface area contributed by atoms with Gasteiger partial charge in [-0.3, -0.25) is 9.59 Å². The van der Waals surface area contributed by atoms with Crippen molar-refractivity contribution in [3.8, 4) is 0 Å². The number of amides is 3. The second-order valence-corrected chi connectivity index (χ2v) is 6.33. The van der Waals surface area contributed by atoms with Gasteiger partial charge in [0.2, 0.25) is 0 Å². The number of hydrogen-bond acceptors (Lipinski definition) is 4. The van der Waals surface area contributed by atoms with E-state index in [-0.39, 0.29) is 23.9 Å². The van der Waals surface area contributed by atoms with Crippen LogP contribution < -0.4 is 16.0 Å². The van der Waals surface area contributed by atoms with E-state index in [1.54, 1.807) is 13.0 Å². The summed E-state index contributed by atoms with van der Waals surface area (Å²) in [6, 6.07) is 1.49. The van der Waals surface area contributed by atoms with Crippen molar-refractivity contribution >= 4 is 17.9 Å². The van der Waals surface area contributed by atoms with Gasteiger partial charge in [-0.2, -0.15) is 0 Å². The third kappa shape index (κ3) is 5.81. The van der Waals surface area contributed by atoms with Crippen LogP contribution in [-0.4, -0.2) is 42.1 Å². The first-order valence-corrected chi connectivity index (χ1v) is 8.57. The van der Waals surface area contributed by atoms with Gasteiger partial charge in [-0.25, -0.2) is 4.79 Å². The molecule has 8 nitrogen and oxygen atoms in total. The first kappa shape index (κ1) is 18.8. The summed E-state index contributed by atoms with van der Waals surface area (Å²) < 4.78 is 5.10. The van der Waals surface area contributed by atoms with Gasteiger partial charge in [-0.15, -0.1) is 0 Å². The van der Waals surface area contributed by atoms with Crippen LogP contribution in [-0.2, 0) is 4.79 Å². The highest BCUT2D eigenvalue weighted by Gasteiger charge is 2.26. The first-order valence-electron chi connectivity index (χ1n) is 8.57. The van der Waals surface area contributed by atoms with E-state index in [4.69, 9.17) is 9.52 Å². The minimum absolute atomic E-state index is 0.0252. The van der Waals surface area contributed by atoms with Crippen LogP contribution in [0.5, 0.6) is 0 Å². The summed E-state index contributed by atoms with van der Waals surface area (Å²) in [7, 11) is 0. The molecule has 1 aromatic rings. The summed E-state index contributed by atoms with van der Waals surface area (Å²) in [6.07, 6.45) is 4.63. The monoisotopic (exact) mass is 351 g/mol. The van der Waals surface area contributed by atoms with Crippen LogP contribution in [0, 0.1) is 12.8 Å². The standard InChI is InChI=1S/C17H25N3O5/c1-11-7-10-25-14(11)15(21)18-8-2-9-19-17(24)20-13-5-3-12(4-6-13)16(22)23/h7,10,12-13H,2-6,8-9H2,1H3,(H,18,21)(H,22,23)(H2,19,20,24). The van der Waals surface area contributed by atoms with Gasteiger partial charge in [0.25, 0.3) is 5.91 Å². The third-order valence-electron chi connectivity index (χ3n) is 4.40. The van der Waals surface area contributed by atoms with E-state index in [0.717, 1.165) is 5.56 Å². The van der Waals surface area contributed by atoms with Gasteiger partial charge < -0.3 is 25.5 Å². The second kappa shape index (κ2) is 9.10. The van der Waals surface area contributed by atoms with E-state index in [9.17, 15) is 14.4 Å². The summed E-state index contributed by atoms with van der Waals surface area (Å²) in [5.41, 5.74) is 0.785. The number of hydrogen-bond donors (Lipinski definition) is 4. The number of carboxylic acid groups (broad SMARTS) is 1. The fourth-order valence-corrected chi connectivity index (χ4v) is 2.90. The quantitative estimate of drug-likeness (QED) is 0.557. The van der Waals surface area contributed by atoms with Crippen molar-refractivity contribution < 1.29 is 23.9 Å². The molecular weight excluding hydrogens is 326 g/mol. The zero-order valence-electron chi connectivity index (χ0n) is 14.3. The molecule has 0 bridgehead atoms. The Hall–Kier alpha value is -2.51. The van der Waals surface area contributed by atoms with E-state index in [1.807, 2.05) is 0 Å². The predicted octanol–water partition coefficient (Wildman–Crippen LogP) is 1.65. The predicted molar refractivity (Wildman–Crippen MR) is 90.3 cm³/mol. The summed E-state index contributed by atoms with van der Waals surface area (Å²) in [6.45, 7) is 2.67. The van der Waals surface area contributed by atoms with Gasteiger partial charge in [0.15, 0.2) is 5.76 Å². The largest absolute Gasteiger partial charge is 0.481 e. The Bertz CT molecular complexity index is 605. The lowest BCUT2D eigenvalue weighted by molar-refractivity contribution is -0.142. The number of urea groups is 1. The molecular formula is C17H25N3O5. The molecule has 1 fully saturated rings. The SMILES string of the molecule is Cc1ccoc1C(=O)NCCCNC(=O)NC1CCC(C(=O)O)CC1. The van der Waals surface area contributed by atoms with E-state index < -0.39 is 5.97 Å². The Balaban J connectivity index is 1.55. The average molecular weight is 351 g/mol. The van der Waals surface area contributed by atoms with E-state index in [1.165, 1.54) is 6.26 Å². The Morgan fingerprint density at radius 1 is 1.16 bits per heavy atom. The number of aryl methyl sites for hydroxylation is 1. The zero-order valence-corrected chi connectivity index (χ0v) is 14.3. The van der Waals surface area contributed by atoms with E-state index in [0.29, 0.717) is 51.0 Å². The molecule has 0 aliphatic heterocycles.